The van der Waals surface area contributed by atoms with E-state index in [1.807, 2.05) is 7.05 Å². The first kappa shape index (κ1) is 12.4. The van der Waals surface area contributed by atoms with Crippen LogP contribution in [0.5, 0.6) is 0 Å². The summed E-state index contributed by atoms with van der Waals surface area (Å²) in [4.78, 5) is 12.5. The summed E-state index contributed by atoms with van der Waals surface area (Å²) >= 11 is 6.11. The summed E-state index contributed by atoms with van der Waals surface area (Å²) in [7, 11) is 4.15. The van der Waals surface area contributed by atoms with Crippen molar-refractivity contribution >= 4 is 23.4 Å². The highest BCUT2D eigenvalue weighted by atomic mass is 35.5. The summed E-state index contributed by atoms with van der Waals surface area (Å²) in [5, 5.41) is 0.551. The number of anilines is 2. The van der Waals surface area contributed by atoms with Crippen molar-refractivity contribution in [3.8, 4) is 0 Å². The summed E-state index contributed by atoms with van der Waals surface area (Å²) in [5.74, 6) is 0.986. The number of nitrogen functional groups attached to an aromatic ring is 1. The van der Waals surface area contributed by atoms with E-state index in [-0.39, 0.29) is 5.95 Å². The summed E-state index contributed by atoms with van der Waals surface area (Å²) in [6.07, 6.45) is 3.91. The molecular formula is C11H18ClN5. The van der Waals surface area contributed by atoms with E-state index in [9.17, 15) is 0 Å². The molecule has 0 aromatic carbocycles. The molecule has 94 valence electrons. The highest BCUT2D eigenvalue weighted by Crippen LogP contribution is 2.26. The lowest BCUT2D eigenvalue weighted by atomic mass is 10.1. The molecule has 1 unspecified atom stereocenters. The molecule has 17 heavy (non-hydrogen) atoms. The molecule has 1 aliphatic rings. The molecule has 0 saturated carbocycles. The van der Waals surface area contributed by atoms with Gasteiger partial charge in [0.1, 0.15) is 5.02 Å². The van der Waals surface area contributed by atoms with Gasteiger partial charge in [-0.2, -0.15) is 4.98 Å². The summed E-state index contributed by atoms with van der Waals surface area (Å²) < 4.78 is 0. The quantitative estimate of drug-likeness (QED) is 0.862. The Morgan fingerprint density at radius 1 is 1.59 bits per heavy atom. The maximum atomic E-state index is 6.11. The molecule has 1 saturated heterocycles. The molecular weight excluding hydrogens is 238 g/mol. The summed E-state index contributed by atoms with van der Waals surface area (Å²) in [6.45, 7) is 2.18. The van der Waals surface area contributed by atoms with Crippen LogP contribution in [0.4, 0.5) is 11.8 Å². The predicted molar refractivity (Wildman–Crippen MR) is 70.4 cm³/mol. The molecule has 0 spiro atoms. The van der Waals surface area contributed by atoms with Gasteiger partial charge in [0.2, 0.25) is 5.95 Å². The van der Waals surface area contributed by atoms with Gasteiger partial charge >= 0.3 is 0 Å². The van der Waals surface area contributed by atoms with E-state index < -0.39 is 0 Å². The number of hydrogen-bond acceptors (Lipinski definition) is 5. The maximum absolute atomic E-state index is 6.11. The monoisotopic (exact) mass is 255 g/mol. The van der Waals surface area contributed by atoms with Crippen molar-refractivity contribution in [2.75, 3.05) is 37.8 Å². The molecule has 1 aromatic heterocycles. The lowest BCUT2D eigenvalue weighted by molar-refractivity contribution is 0.247. The molecule has 1 fully saturated rings. The fraction of sp³-hybridized carbons (Fsp3) is 0.636. The van der Waals surface area contributed by atoms with Crippen molar-refractivity contribution in [1.29, 1.82) is 0 Å². The second-order valence-electron chi connectivity index (χ2n) is 4.57. The Hall–Kier alpha value is -1.07. The van der Waals surface area contributed by atoms with E-state index in [0.29, 0.717) is 11.1 Å². The maximum Gasteiger partial charge on any atom is 0.222 e. The minimum absolute atomic E-state index is 0.264. The third kappa shape index (κ3) is 2.79. The van der Waals surface area contributed by atoms with Crippen LogP contribution < -0.4 is 10.6 Å². The summed E-state index contributed by atoms with van der Waals surface area (Å²) in [5.41, 5.74) is 5.60. The van der Waals surface area contributed by atoms with E-state index in [4.69, 9.17) is 17.3 Å². The highest BCUT2D eigenvalue weighted by molar-refractivity contribution is 6.32. The number of halogens is 1. The molecule has 6 heteroatoms. The second-order valence-corrected chi connectivity index (χ2v) is 4.98. The lowest BCUT2D eigenvalue weighted by Gasteiger charge is -2.36. The SMILES string of the molecule is CN1CCCC(N(C)c2nc(N)ncc2Cl)C1. The van der Waals surface area contributed by atoms with E-state index in [0.717, 1.165) is 25.3 Å². The zero-order valence-electron chi connectivity index (χ0n) is 10.2. The average molecular weight is 256 g/mol. The van der Waals surface area contributed by atoms with Crippen molar-refractivity contribution in [2.24, 2.45) is 0 Å². The standard InChI is InChI=1S/C11H18ClN5/c1-16-5-3-4-8(7-16)17(2)10-9(12)6-14-11(13)15-10/h6,8H,3-5,7H2,1-2H3,(H2,13,14,15). The van der Waals surface area contributed by atoms with Gasteiger partial charge in [0.15, 0.2) is 5.82 Å². The summed E-state index contributed by atoms with van der Waals surface area (Å²) in [6, 6.07) is 0.431. The molecule has 1 aromatic rings. The van der Waals surface area contributed by atoms with Crippen molar-refractivity contribution < 1.29 is 0 Å². The molecule has 0 radical (unpaired) electrons. The Balaban J connectivity index is 2.18. The molecule has 1 atom stereocenters. The Labute approximate surface area is 107 Å². The second kappa shape index (κ2) is 5.06. The van der Waals surface area contributed by atoms with Gasteiger partial charge in [0, 0.05) is 19.6 Å². The van der Waals surface area contributed by atoms with Gasteiger partial charge in [-0.25, -0.2) is 4.98 Å². The minimum atomic E-state index is 0.264. The van der Waals surface area contributed by atoms with Gasteiger partial charge in [0.05, 0.1) is 6.20 Å². The topological polar surface area (TPSA) is 58.3 Å². The van der Waals surface area contributed by atoms with Gasteiger partial charge in [-0.1, -0.05) is 11.6 Å². The van der Waals surface area contributed by atoms with Gasteiger partial charge in [-0.3, -0.25) is 0 Å². The van der Waals surface area contributed by atoms with Crippen LogP contribution in [0.3, 0.4) is 0 Å². The fourth-order valence-corrected chi connectivity index (χ4v) is 2.47. The van der Waals surface area contributed by atoms with E-state index >= 15 is 0 Å². The molecule has 0 amide bonds. The predicted octanol–water partition coefficient (Wildman–Crippen LogP) is 1.24. The first-order valence-electron chi connectivity index (χ1n) is 5.77. The number of nitrogens with zero attached hydrogens (tertiary/aromatic N) is 4. The van der Waals surface area contributed by atoms with Crippen molar-refractivity contribution in [1.82, 2.24) is 14.9 Å². The van der Waals surface area contributed by atoms with Gasteiger partial charge < -0.3 is 15.5 Å². The highest BCUT2D eigenvalue weighted by Gasteiger charge is 2.23. The number of rotatable bonds is 2. The Kier molecular flexibility index (Phi) is 3.69. The molecule has 1 aliphatic heterocycles. The van der Waals surface area contributed by atoms with Crippen LogP contribution in [-0.2, 0) is 0 Å². The molecule has 0 bridgehead atoms. The van der Waals surface area contributed by atoms with Crippen LogP contribution in [0.2, 0.25) is 5.02 Å². The van der Waals surface area contributed by atoms with Gasteiger partial charge in [-0.15, -0.1) is 0 Å². The average Bonchev–Trinajstić information content (AvgIpc) is 2.31. The van der Waals surface area contributed by atoms with Crippen molar-refractivity contribution in [3.05, 3.63) is 11.2 Å². The molecule has 0 aliphatic carbocycles. The van der Waals surface area contributed by atoms with Crippen molar-refractivity contribution in [2.45, 2.75) is 18.9 Å². The van der Waals surface area contributed by atoms with Crippen molar-refractivity contribution in [3.63, 3.8) is 0 Å². The van der Waals surface area contributed by atoms with Crippen LogP contribution in [0.15, 0.2) is 6.20 Å². The van der Waals surface area contributed by atoms with Gasteiger partial charge in [0.25, 0.3) is 0 Å². The number of likely N-dealkylation sites (tertiary alicyclic amines) is 1. The Bertz CT molecular complexity index is 397. The van der Waals surface area contributed by atoms with Crippen LogP contribution in [-0.4, -0.2) is 48.1 Å². The van der Waals surface area contributed by atoms with E-state index in [1.54, 1.807) is 6.20 Å². The van der Waals surface area contributed by atoms with Crippen LogP contribution in [0.1, 0.15) is 12.8 Å². The van der Waals surface area contributed by atoms with Gasteiger partial charge in [-0.05, 0) is 26.4 Å². The number of likely N-dealkylation sites (N-methyl/N-ethyl adjacent to an activating group) is 2. The van der Waals surface area contributed by atoms with Crippen LogP contribution in [0, 0.1) is 0 Å². The lowest BCUT2D eigenvalue weighted by Crippen LogP contribution is -2.45. The number of piperidine rings is 1. The molecule has 2 rings (SSSR count). The van der Waals surface area contributed by atoms with E-state index in [1.165, 1.54) is 6.42 Å². The Morgan fingerprint density at radius 3 is 3.06 bits per heavy atom. The van der Waals surface area contributed by atoms with Crippen LogP contribution >= 0.6 is 11.6 Å². The van der Waals surface area contributed by atoms with Crippen LogP contribution in [0.25, 0.3) is 0 Å². The third-order valence-electron chi connectivity index (χ3n) is 3.23. The zero-order valence-corrected chi connectivity index (χ0v) is 11.0. The smallest absolute Gasteiger partial charge is 0.222 e. The molecule has 2 heterocycles. The number of aromatic nitrogens is 2. The minimum Gasteiger partial charge on any atom is -0.368 e. The number of nitrogens with two attached hydrogens (primary N) is 1. The molecule has 5 nitrogen and oxygen atoms in total. The molecule has 2 N–H and O–H groups in total. The first-order chi connectivity index (χ1) is 8.08. The first-order valence-corrected chi connectivity index (χ1v) is 6.15. The van der Waals surface area contributed by atoms with E-state index in [2.05, 4.69) is 26.8 Å². The largest absolute Gasteiger partial charge is 0.368 e. The fourth-order valence-electron chi connectivity index (χ4n) is 2.25. The normalized spacial score (nSPS) is 21.5. The zero-order chi connectivity index (χ0) is 12.4. The third-order valence-corrected chi connectivity index (χ3v) is 3.49. The Morgan fingerprint density at radius 2 is 2.35 bits per heavy atom. The number of hydrogen-bond donors (Lipinski definition) is 1.